The highest BCUT2D eigenvalue weighted by atomic mass is 35.5. The number of hydrogen-bond donors (Lipinski definition) is 0. The van der Waals surface area contributed by atoms with E-state index in [0.29, 0.717) is 29.2 Å². The molecule has 2 amide bonds. The summed E-state index contributed by atoms with van der Waals surface area (Å²) in [7, 11) is 0. The standard InChI is InChI=1S/C26H24ClFN2O2/c1-3-29(21-14-10-19(27)11-15-21)26(32)23-16-17(2)30(24-7-5-4-6-22(23)24)25(31)18-8-12-20(28)13-9-18/h4-15,17,23H,3,16H2,1-2H3/t17-,23-/m1/s1. The average Bonchev–Trinajstić information content (AvgIpc) is 2.80. The summed E-state index contributed by atoms with van der Waals surface area (Å²) in [6, 6.07) is 20.1. The van der Waals surface area contributed by atoms with Crippen molar-refractivity contribution in [3.05, 3.63) is 94.8 Å². The molecule has 3 aromatic carbocycles. The van der Waals surface area contributed by atoms with Gasteiger partial charge in [0.05, 0.1) is 5.92 Å². The van der Waals surface area contributed by atoms with Crippen LogP contribution in [0.5, 0.6) is 0 Å². The Morgan fingerprint density at radius 2 is 1.69 bits per heavy atom. The third-order valence-electron chi connectivity index (χ3n) is 5.92. The predicted molar refractivity (Wildman–Crippen MR) is 126 cm³/mol. The normalized spacial score (nSPS) is 17.6. The first-order valence-electron chi connectivity index (χ1n) is 10.7. The van der Waals surface area contributed by atoms with Crippen LogP contribution in [0, 0.1) is 5.82 Å². The fourth-order valence-corrected chi connectivity index (χ4v) is 4.49. The Labute approximate surface area is 192 Å². The van der Waals surface area contributed by atoms with Crippen molar-refractivity contribution in [3.63, 3.8) is 0 Å². The number of carbonyl (C=O) groups is 2. The minimum atomic E-state index is -0.388. The van der Waals surface area contributed by atoms with E-state index in [0.717, 1.165) is 11.3 Å². The number of halogens is 2. The van der Waals surface area contributed by atoms with Gasteiger partial charge in [-0.25, -0.2) is 4.39 Å². The minimum absolute atomic E-state index is 0.0111. The molecule has 6 heteroatoms. The van der Waals surface area contributed by atoms with E-state index in [2.05, 4.69) is 0 Å². The molecule has 3 aromatic rings. The quantitative estimate of drug-likeness (QED) is 0.485. The molecule has 4 nitrogen and oxygen atoms in total. The van der Waals surface area contributed by atoms with Crippen LogP contribution in [0.15, 0.2) is 72.8 Å². The molecule has 164 valence electrons. The summed E-state index contributed by atoms with van der Waals surface area (Å²) in [5, 5.41) is 0.615. The Kier molecular flexibility index (Phi) is 6.28. The van der Waals surface area contributed by atoms with Gasteiger partial charge in [-0.3, -0.25) is 9.59 Å². The van der Waals surface area contributed by atoms with Gasteiger partial charge in [0, 0.05) is 34.5 Å². The fraction of sp³-hybridized carbons (Fsp3) is 0.231. The molecule has 0 aliphatic carbocycles. The van der Waals surface area contributed by atoms with Crippen LogP contribution in [0.1, 0.15) is 42.1 Å². The Morgan fingerprint density at radius 1 is 1.03 bits per heavy atom. The van der Waals surface area contributed by atoms with Crippen molar-refractivity contribution in [1.82, 2.24) is 0 Å². The van der Waals surface area contributed by atoms with E-state index in [4.69, 9.17) is 11.6 Å². The van der Waals surface area contributed by atoms with Crippen molar-refractivity contribution >= 4 is 34.8 Å². The second-order valence-electron chi connectivity index (χ2n) is 7.94. The highest BCUT2D eigenvalue weighted by Gasteiger charge is 2.38. The summed E-state index contributed by atoms with van der Waals surface area (Å²) in [6.07, 6.45) is 0.493. The van der Waals surface area contributed by atoms with Gasteiger partial charge >= 0.3 is 0 Å². The molecule has 0 saturated carbocycles. The lowest BCUT2D eigenvalue weighted by Crippen LogP contribution is -2.46. The van der Waals surface area contributed by atoms with E-state index in [9.17, 15) is 14.0 Å². The molecule has 32 heavy (non-hydrogen) atoms. The summed E-state index contributed by atoms with van der Waals surface area (Å²) < 4.78 is 13.3. The van der Waals surface area contributed by atoms with Crippen molar-refractivity contribution in [1.29, 1.82) is 0 Å². The highest BCUT2D eigenvalue weighted by molar-refractivity contribution is 6.30. The summed E-state index contributed by atoms with van der Waals surface area (Å²) in [5.74, 6) is -0.987. The smallest absolute Gasteiger partial charge is 0.258 e. The number of para-hydroxylation sites is 1. The molecular formula is C26H24ClFN2O2. The Morgan fingerprint density at radius 3 is 2.34 bits per heavy atom. The first-order chi connectivity index (χ1) is 15.4. The third kappa shape index (κ3) is 4.13. The maximum atomic E-state index is 13.7. The van der Waals surface area contributed by atoms with Gasteiger partial charge in [-0.05, 0) is 80.4 Å². The number of benzene rings is 3. The molecule has 0 bridgehead atoms. The number of anilines is 2. The number of fused-ring (bicyclic) bond motifs is 1. The second-order valence-corrected chi connectivity index (χ2v) is 8.37. The number of amides is 2. The number of hydrogen-bond acceptors (Lipinski definition) is 2. The van der Waals surface area contributed by atoms with Crippen molar-refractivity contribution in [3.8, 4) is 0 Å². The zero-order valence-corrected chi connectivity index (χ0v) is 18.7. The number of likely N-dealkylation sites (N-methyl/N-ethyl adjacent to an activating group) is 1. The molecule has 1 aliphatic rings. The average molecular weight is 451 g/mol. The number of carbonyl (C=O) groups excluding carboxylic acids is 2. The molecule has 0 saturated heterocycles. The second kappa shape index (κ2) is 9.13. The molecule has 1 aliphatic heterocycles. The molecule has 0 N–H and O–H groups in total. The summed E-state index contributed by atoms with van der Waals surface area (Å²) >= 11 is 6.02. The lowest BCUT2D eigenvalue weighted by atomic mass is 9.84. The van der Waals surface area contributed by atoms with Crippen LogP contribution in [0.25, 0.3) is 0 Å². The first kappa shape index (κ1) is 22.0. The van der Waals surface area contributed by atoms with E-state index in [1.807, 2.05) is 50.2 Å². The van der Waals surface area contributed by atoms with Crippen molar-refractivity contribution in [2.75, 3.05) is 16.3 Å². The van der Waals surface area contributed by atoms with Crippen LogP contribution in [0.4, 0.5) is 15.8 Å². The molecule has 1 heterocycles. The monoisotopic (exact) mass is 450 g/mol. The Hall–Kier alpha value is -3.18. The molecule has 0 unspecified atom stereocenters. The molecular weight excluding hydrogens is 427 g/mol. The largest absolute Gasteiger partial charge is 0.312 e. The van der Waals surface area contributed by atoms with Gasteiger partial charge in [-0.15, -0.1) is 0 Å². The molecule has 0 radical (unpaired) electrons. The van der Waals surface area contributed by atoms with Crippen LogP contribution in [-0.2, 0) is 4.79 Å². The van der Waals surface area contributed by atoms with Crippen LogP contribution in [0.2, 0.25) is 5.02 Å². The van der Waals surface area contributed by atoms with Gasteiger partial charge in [0.1, 0.15) is 5.82 Å². The molecule has 0 spiro atoms. The van der Waals surface area contributed by atoms with Crippen LogP contribution >= 0.6 is 11.6 Å². The third-order valence-corrected chi connectivity index (χ3v) is 6.17. The summed E-state index contributed by atoms with van der Waals surface area (Å²) in [4.78, 5) is 30.4. The molecule has 0 fully saturated rings. The number of nitrogens with zero attached hydrogens (tertiary/aromatic N) is 2. The van der Waals surface area contributed by atoms with Gasteiger partial charge in [-0.2, -0.15) is 0 Å². The van der Waals surface area contributed by atoms with E-state index < -0.39 is 0 Å². The van der Waals surface area contributed by atoms with E-state index in [1.54, 1.807) is 21.9 Å². The topological polar surface area (TPSA) is 40.6 Å². The first-order valence-corrected chi connectivity index (χ1v) is 11.0. The van der Waals surface area contributed by atoms with E-state index in [-0.39, 0.29) is 29.6 Å². The maximum absolute atomic E-state index is 13.7. The fourth-order valence-electron chi connectivity index (χ4n) is 4.36. The predicted octanol–water partition coefficient (Wildman–Crippen LogP) is 6.05. The van der Waals surface area contributed by atoms with E-state index >= 15 is 0 Å². The minimum Gasteiger partial charge on any atom is -0.312 e. The molecule has 2 atom stereocenters. The van der Waals surface area contributed by atoms with Crippen molar-refractivity contribution < 1.29 is 14.0 Å². The lowest BCUT2D eigenvalue weighted by Gasteiger charge is -2.40. The van der Waals surface area contributed by atoms with Crippen LogP contribution < -0.4 is 9.80 Å². The Balaban J connectivity index is 1.70. The van der Waals surface area contributed by atoms with Gasteiger partial charge in [0.15, 0.2) is 0 Å². The van der Waals surface area contributed by atoms with Crippen LogP contribution in [0.3, 0.4) is 0 Å². The zero-order valence-electron chi connectivity index (χ0n) is 18.0. The van der Waals surface area contributed by atoms with Crippen molar-refractivity contribution in [2.24, 2.45) is 0 Å². The summed E-state index contributed by atoms with van der Waals surface area (Å²) in [5.41, 5.74) is 2.73. The van der Waals surface area contributed by atoms with Crippen LogP contribution in [-0.4, -0.2) is 24.4 Å². The molecule has 4 rings (SSSR count). The summed E-state index contributed by atoms with van der Waals surface area (Å²) in [6.45, 7) is 4.40. The SMILES string of the molecule is CCN(C(=O)[C@@H]1C[C@@H](C)N(C(=O)c2ccc(F)cc2)c2ccccc21)c1ccc(Cl)cc1. The van der Waals surface area contributed by atoms with Gasteiger partial charge in [-0.1, -0.05) is 29.8 Å². The number of rotatable bonds is 4. The zero-order chi connectivity index (χ0) is 22.8. The van der Waals surface area contributed by atoms with Gasteiger partial charge in [0.25, 0.3) is 5.91 Å². The maximum Gasteiger partial charge on any atom is 0.258 e. The Bertz CT molecular complexity index is 1130. The molecule has 0 aromatic heterocycles. The van der Waals surface area contributed by atoms with E-state index in [1.165, 1.54) is 24.3 Å². The van der Waals surface area contributed by atoms with Gasteiger partial charge < -0.3 is 9.80 Å². The van der Waals surface area contributed by atoms with Gasteiger partial charge in [0.2, 0.25) is 5.91 Å². The lowest BCUT2D eigenvalue weighted by molar-refractivity contribution is -0.120. The van der Waals surface area contributed by atoms with Crippen molar-refractivity contribution in [2.45, 2.75) is 32.2 Å². The highest BCUT2D eigenvalue weighted by Crippen LogP contribution is 2.40.